The summed E-state index contributed by atoms with van der Waals surface area (Å²) in [5.41, 5.74) is 2.51. The van der Waals surface area contributed by atoms with E-state index in [1.165, 1.54) is 24.3 Å². The van der Waals surface area contributed by atoms with E-state index in [4.69, 9.17) is 4.74 Å². The van der Waals surface area contributed by atoms with E-state index in [9.17, 15) is 14.0 Å². The topological polar surface area (TPSA) is 49.9 Å². The van der Waals surface area contributed by atoms with Crippen molar-refractivity contribution in [3.05, 3.63) is 90.2 Å². The summed E-state index contributed by atoms with van der Waals surface area (Å²) in [7, 11) is 0. The van der Waals surface area contributed by atoms with Crippen molar-refractivity contribution in [1.29, 1.82) is 0 Å². The highest BCUT2D eigenvalue weighted by Gasteiger charge is 2.37. The lowest BCUT2D eigenvalue weighted by atomic mass is 9.90. The predicted molar refractivity (Wildman–Crippen MR) is 122 cm³/mol. The highest BCUT2D eigenvalue weighted by atomic mass is 19.1. The Morgan fingerprint density at radius 3 is 2.34 bits per heavy atom. The van der Waals surface area contributed by atoms with E-state index in [0.29, 0.717) is 12.2 Å². The van der Waals surface area contributed by atoms with Crippen LogP contribution in [0.1, 0.15) is 31.9 Å². The van der Waals surface area contributed by atoms with Crippen LogP contribution in [0.3, 0.4) is 0 Å². The summed E-state index contributed by atoms with van der Waals surface area (Å²) in [6.07, 6.45) is 0.591. The van der Waals surface area contributed by atoms with Crippen molar-refractivity contribution in [1.82, 2.24) is 0 Å². The Labute approximate surface area is 187 Å². The van der Waals surface area contributed by atoms with Crippen LogP contribution in [0, 0.1) is 5.82 Å². The van der Waals surface area contributed by atoms with E-state index in [1.807, 2.05) is 61.5 Å². The van der Waals surface area contributed by atoms with Crippen LogP contribution in [0.5, 0.6) is 5.75 Å². The first kappa shape index (κ1) is 21.6. The molecule has 0 fully saturated rings. The number of benzene rings is 3. The molecular formula is C26H25FN2O3. The minimum atomic E-state index is -0.359. The van der Waals surface area contributed by atoms with Crippen molar-refractivity contribution < 1.29 is 18.7 Å². The molecule has 0 spiro atoms. The molecule has 4 rings (SSSR count). The molecule has 0 aromatic heterocycles. The Hall–Kier alpha value is -3.67. The van der Waals surface area contributed by atoms with Crippen LogP contribution in [-0.4, -0.2) is 24.5 Å². The third kappa shape index (κ3) is 4.35. The molecule has 6 heteroatoms. The summed E-state index contributed by atoms with van der Waals surface area (Å²) in [4.78, 5) is 29.3. The van der Waals surface area contributed by atoms with Crippen LogP contribution < -0.4 is 14.5 Å². The molecule has 3 aromatic carbocycles. The Morgan fingerprint density at radius 2 is 1.66 bits per heavy atom. The van der Waals surface area contributed by atoms with E-state index in [2.05, 4.69) is 0 Å². The van der Waals surface area contributed by atoms with Crippen molar-refractivity contribution in [2.75, 3.05) is 16.4 Å². The summed E-state index contributed by atoms with van der Waals surface area (Å²) < 4.78 is 18.7. The molecule has 1 aliphatic heterocycles. The SMILES string of the molecule is CC(=O)N(c1ccccc1)[C@H]1C[C@@H](C)N(C(=O)COc2ccc(F)cc2)c2ccccc21. The molecule has 0 bridgehead atoms. The van der Waals surface area contributed by atoms with Gasteiger partial charge in [-0.15, -0.1) is 0 Å². The molecule has 1 aliphatic rings. The standard InChI is InChI=1S/C26H25FN2O3/c1-18-16-25(29(19(2)30)21-8-4-3-5-9-21)23-10-6-7-11-24(23)28(18)26(31)17-32-22-14-12-20(27)13-15-22/h3-15,18,25H,16-17H2,1-2H3/t18-,25+/m1/s1. The Bertz CT molecular complexity index is 1100. The van der Waals surface area contributed by atoms with Crippen LogP contribution in [0.4, 0.5) is 15.8 Å². The van der Waals surface area contributed by atoms with Gasteiger partial charge in [-0.1, -0.05) is 36.4 Å². The fourth-order valence-corrected chi connectivity index (χ4v) is 4.32. The van der Waals surface area contributed by atoms with Gasteiger partial charge in [0.15, 0.2) is 6.61 Å². The smallest absolute Gasteiger partial charge is 0.265 e. The van der Waals surface area contributed by atoms with E-state index in [-0.39, 0.29) is 36.3 Å². The Kier molecular flexibility index (Phi) is 6.21. The van der Waals surface area contributed by atoms with Gasteiger partial charge in [0.2, 0.25) is 5.91 Å². The molecule has 0 saturated heterocycles. The zero-order valence-electron chi connectivity index (χ0n) is 18.1. The molecule has 1 heterocycles. The second-order valence-corrected chi connectivity index (χ2v) is 7.89. The average molecular weight is 432 g/mol. The third-order valence-corrected chi connectivity index (χ3v) is 5.69. The molecule has 0 N–H and O–H groups in total. The molecule has 3 aromatic rings. The maximum Gasteiger partial charge on any atom is 0.265 e. The van der Waals surface area contributed by atoms with E-state index in [0.717, 1.165) is 16.9 Å². The zero-order valence-corrected chi connectivity index (χ0v) is 18.1. The van der Waals surface area contributed by atoms with Crippen LogP contribution in [0.2, 0.25) is 0 Å². The normalized spacial score (nSPS) is 17.4. The number of fused-ring (bicyclic) bond motifs is 1. The molecule has 5 nitrogen and oxygen atoms in total. The van der Waals surface area contributed by atoms with Gasteiger partial charge >= 0.3 is 0 Å². The second kappa shape index (κ2) is 9.22. The van der Waals surface area contributed by atoms with Crippen LogP contribution in [0.15, 0.2) is 78.9 Å². The molecule has 0 saturated carbocycles. The van der Waals surface area contributed by atoms with Crippen LogP contribution >= 0.6 is 0 Å². The number of carbonyl (C=O) groups excluding carboxylic acids is 2. The number of nitrogens with zero attached hydrogens (tertiary/aromatic N) is 2. The molecular weight excluding hydrogens is 407 g/mol. The van der Waals surface area contributed by atoms with Gasteiger partial charge in [0.1, 0.15) is 11.6 Å². The number of carbonyl (C=O) groups is 2. The number of hydrogen-bond donors (Lipinski definition) is 0. The van der Waals surface area contributed by atoms with Gasteiger partial charge in [0, 0.05) is 24.3 Å². The van der Waals surface area contributed by atoms with Gasteiger partial charge in [0.05, 0.1) is 6.04 Å². The highest BCUT2D eigenvalue weighted by Crippen LogP contribution is 2.42. The summed E-state index contributed by atoms with van der Waals surface area (Å²) in [6, 6.07) is 22.5. The average Bonchev–Trinajstić information content (AvgIpc) is 2.79. The molecule has 0 unspecified atom stereocenters. The summed E-state index contributed by atoms with van der Waals surface area (Å²) in [6.45, 7) is 3.38. The van der Waals surface area contributed by atoms with Crippen molar-refractivity contribution >= 4 is 23.2 Å². The lowest BCUT2D eigenvalue weighted by Crippen LogP contribution is -2.48. The second-order valence-electron chi connectivity index (χ2n) is 7.89. The maximum absolute atomic E-state index is 13.1. The number of halogens is 1. The number of anilines is 2. The first-order valence-corrected chi connectivity index (χ1v) is 10.6. The van der Waals surface area contributed by atoms with Gasteiger partial charge in [-0.2, -0.15) is 0 Å². The van der Waals surface area contributed by atoms with Crippen molar-refractivity contribution in [3.63, 3.8) is 0 Å². The van der Waals surface area contributed by atoms with Crippen molar-refractivity contribution in [3.8, 4) is 5.75 Å². The van der Waals surface area contributed by atoms with E-state index < -0.39 is 0 Å². The number of para-hydroxylation sites is 2. The molecule has 32 heavy (non-hydrogen) atoms. The zero-order chi connectivity index (χ0) is 22.7. The first-order valence-electron chi connectivity index (χ1n) is 10.6. The summed E-state index contributed by atoms with van der Waals surface area (Å²) >= 11 is 0. The fourth-order valence-electron chi connectivity index (χ4n) is 4.32. The number of rotatable bonds is 5. The summed E-state index contributed by atoms with van der Waals surface area (Å²) in [5, 5.41) is 0. The lowest BCUT2D eigenvalue weighted by molar-refractivity contribution is -0.121. The van der Waals surface area contributed by atoms with Gasteiger partial charge in [-0.25, -0.2) is 4.39 Å². The van der Waals surface area contributed by atoms with Crippen molar-refractivity contribution in [2.45, 2.75) is 32.4 Å². The molecule has 0 aliphatic carbocycles. The van der Waals surface area contributed by atoms with Crippen LogP contribution in [-0.2, 0) is 9.59 Å². The highest BCUT2D eigenvalue weighted by molar-refractivity contribution is 5.98. The van der Waals surface area contributed by atoms with Gasteiger partial charge < -0.3 is 14.5 Å². The predicted octanol–water partition coefficient (Wildman–Crippen LogP) is 5.12. The molecule has 164 valence electrons. The van der Waals surface area contributed by atoms with E-state index in [1.54, 1.807) is 16.7 Å². The number of ether oxygens (including phenoxy) is 1. The maximum atomic E-state index is 13.1. The van der Waals surface area contributed by atoms with Gasteiger partial charge in [-0.3, -0.25) is 9.59 Å². The lowest BCUT2D eigenvalue weighted by Gasteiger charge is -2.43. The van der Waals surface area contributed by atoms with Gasteiger partial charge in [-0.05, 0) is 61.4 Å². The molecule has 2 amide bonds. The van der Waals surface area contributed by atoms with Gasteiger partial charge in [0.25, 0.3) is 5.91 Å². The monoisotopic (exact) mass is 432 g/mol. The van der Waals surface area contributed by atoms with Crippen LogP contribution in [0.25, 0.3) is 0 Å². The number of hydrogen-bond acceptors (Lipinski definition) is 3. The third-order valence-electron chi connectivity index (χ3n) is 5.69. The fraction of sp³-hybridized carbons (Fsp3) is 0.231. The summed E-state index contributed by atoms with van der Waals surface area (Å²) in [5.74, 6) is -0.173. The minimum Gasteiger partial charge on any atom is -0.484 e. The largest absolute Gasteiger partial charge is 0.484 e. The molecule has 0 radical (unpaired) electrons. The minimum absolute atomic E-state index is 0.0531. The Balaban J connectivity index is 1.62. The van der Waals surface area contributed by atoms with E-state index >= 15 is 0 Å². The quantitative estimate of drug-likeness (QED) is 0.562. The number of amides is 2. The van der Waals surface area contributed by atoms with Crippen molar-refractivity contribution in [2.24, 2.45) is 0 Å². The first-order chi connectivity index (χ1) is 15.5. The Morgan fingerprint density at radius 1 is 1.00 bits per heavy atom. The molecule has 2 atom stereocenters.